The van der Waals surface area contributed by atoms with Crippen molar-refractivity contribution in [2.24, 2.45) is 10.8 Å². The van der Waals surface area contributed by atoms with E-state index >= 15 is 0 Å². The number of hydrogen-bond acceptors (Lipinski definition) is 5. The van der Waals surface area contributed by atoms with Crippen molar-refractivity contribution < 1.29 is 14.3 Å². The number of nitrogens with zero attached hydrogens (tertiary/aromatic N) is 3. The Bertz CT molecular complexity index is 415. The topological polar surface area (TPSA) is 142 Å². The van der Waals surface area contributed by atoms with Crippen molar-refractivity contribution in [1.82, 2.24) is 10.6 Å². The number of hydrogen-bond donors (Lipinski definition) is 3. The van der Waals surface area contributed by atoms with Gasteiger partial charge in [0, 0.05) is 24.5 Å². The van der Waals surface area contributed by atoms with Crippen LogP contribution in [0.1, 0.15) is 46.5 Å². The van der Waals surface area contributed by atoms with E-state index in [2.05, 4.69) is 20.7 Å². The summed E-state index contributed by atoms with van der Waals surface area (Å²) in [6.07, 6.45) is 2.13. The third-order valence-electron chi connectivity index (χ3n) is 2.74. The van der Waals surface area contributed by atoms with Crippen LogP contribution >= 0.6 is 0 Å². The predicted molar refractivity (Wildman–Crippen MR) is 87.7 cm³/mol. The van der Waals surface area contributed by atoms with E-state index in [1.807, 2.05) is 0 Å². The number of nitrogens with two attached hydrogens (primary N) is 1. The van der Waals surface area contributed by atoms with E-state index in [4.69, 9.17) is 16.0 Å². The summed E-state index contributed by atoms with van der Waals surface area (Å²) >= 11 is 0. The lowest BCUT2D eigenvalue weighted by Gasteiger charge is -2.19. The molecular formula is C14H28N6O3. The highest BCUT2D eigenvalue weighted by Gasteiger charge is 2.15. The van der Waals surface area contributed by atoms with Gasteiger partial charge in [-0.25, -0.2) is 4.79 Å². The van der Waals surface area contributed by atoms with Crippen LogP contribution < -0.4 is 16.4 Å². The maximum Gasteiger partial charge on any atom is 0.407 e. The van der Waals surface area contributed by atoms with E-state index in [9.17, 15) is 9.59 Å². The number of alkyl carbamates (subject to hydrolysis) is 1. The van der Waals surface area contributed by atoms with Crippen molar-refractivity contribution in [1.29, 1.82) is 0 Å². The van der Waals surface area contributed by atoms with Gasteiger partial charge in [0.2, 0.25) is 5.91 Å². The molecule has 132 valence electrons. The van der Waals surface area contributed by atoms with E-state index < -0.39 is 17.7 Å². The number of azide groups is 1. The Morgan fingerprint density at radius 1 is 1.22 bits per heavy atom. The van der Waals surface area contributed by atoms with Crippen LogP contribution in [-0.2, 0) is 9.53 Å². The molecule has 0 fully saturated rings. The van der Waals surface area contributed by atoms with Gasteiger partial charge in [0.05, 0.1) is 6.04 Å². The first-order valence-corrected chi connectivity index (χ1v) is 7.77. The zero-order valence-electron chi connectivity index (χ0n) is 14.2. The molecule has 2 amide bonds. The summed E-state index contributed by atoms with van der Waals surface area (Å²) in [5.41, 5.74) is 13.4. The Labute approximate surface area is 136 Å². The number of ether oxygens (including phenoxy) is 1. The molecule has 0 saturated heterocycles. The average molecular weight is 328 g/mol. The van der Waals surface area contributed by atoms with Gasteiger partial charge < -0.3 is 21.1 Å². The molecule has 0 aromatic carbocycles. The van der Waals surface area contributed by atoms with Gasteiger partial charge in [-0.2, -0.15) is 0 Å². The molecule has 0 aliphatic heterocycles. The van der Waals surface area contributed by atoms with Crippen LogP contribution in [0.3, 0.4) is 0 Å². The number of carbonyl (C=O) groups is 2. The van der Waals surface area contributed by atoms with Crippen molar-refractivity contribution >= 4 is 12.0 Å². The SMILES string of the molecule is CC(C)(C)OC(=O)NCCCC[C@@H](N)C(=O)NCCCN=[N+]=[N-]. The monoisotopic (exact) mass is 328 g/mol. The number of unbranched alkanes of at least 4 members (excludes halogenated alkanes) is 1. The Balaban J connectivity index is 3.65. The van der Waals surface area contributed by atoms with Crippen molar-refractivity contribution in [3.8, 4) is 0 Å². The van der Waals surface area contributed by atoms with Crippen LogP contribution in [-0.4, -0.2) is 43.3 Å². The molecule has 0 aromatic heterocycles. The van der Waals surface area contributed by atoms with Gasteiger partial charge in [0.25, 0.3) is 0 Å². The molecule has 0 aromatic rings. The third kappa shape index (κ3) is 13.4. The summed E-state index contributed by atoms with van der Waals surface area (Å²) in [7, 11) is 0. The molecule has 9 heteroatoms. The smallest absolute Gasteiger partial charge is 0.407 e. The summed E-state index contributed by atoms with van der Waals surface area (Å²) in [4.78, 5) is 25.7. The fourth-order valence-electron chi connectivity index (χ4n) is 1.66. The second kappa shape index (κ2) is 11.6. The normalized spacial score (nSPS) is 12.0. The first-order valence-electron chi connectivity index (χ1n) is 7.77. The molecule has 0 saturated carbocycles. The van der Waals surface area contributed by atoms with Crippen LogP contribution in [0.5, 0.6) is 0 Å². The minimum absolute atomic E-state index is 0.217. The molecule has 0 aliphatic rings. The minimum Gasteiger partial charge on any atom is -0.444 e. The van der Waals surface area contributed by atoms with Gasteiger partial charge in [0.15, 0.2) is 0 Å². The predicted octanol–water partition coefficient (Wildman–Crippen LogP) is 1.83. The Kier molecular flexibility index (Phi) is 10.6. The molecule has 0 heterocycles. The fourth-order valence-corrected chi connectivity index (χ4v) is 1.66. The maximum atomic E-state index is 11.7. The van der Waals surface area contributed by atoms with Crippen LogP contribution in [0.4, 0.5) is 4.79 Å². The number of nitrogens with one attached hydrogen (secondary N) is 2. The summed E-state index contributed by atoms with van der Waals surface area (Å²) in [5.74, 6) is -0.217. The quantitative estimate of drug-likeness (QED) is 0.243. The maximum absolute atomic E-state index is 11.7. The molecule has 0 aliphatic carbocycles. The second-order valence-electron chi connectivity index (χ2n) is 6.13. The molecular weight excluding hydrogens is 300 g/mol. The number of carbonyl (C=O) groups excluding carboxylic acids is 2. The van der Waals surface area contributed by atoms with E-state index in [1.54, 1.807) is 20.8 Å². The highest BCUT2D eigenvalue weighted by Crippen LogP contribution is 2.06. The Morgan fingerprint density at radius 3 is 2.48 bits per heavy atom. The number of rotatable bonds is 10. The molecule has 0 unspecified atom stereocenters. The standard InChI is InChI=1S/C14H28N6O3/c1-14(2,3)23-13(22)18-8-5-4-7-11(15)12(21)17-9-6-10-19-20-16/h11H,4-10,15H2,1-3H3,(H,17,21)(H,18,22)/t11-/m1/s1. The second-order valence-corrected chi connectivity index (χ2v) is 6.13. The van der Waals surface area contributed by atoms with Crippen LogP contribution in [0.2, 0.25) is 0 Å². The lowest BCUT2D eigenvalue weighted by molar-refractivity contribution is -0.122. The minimum atomic E-state index is -0.573. The average Bonchev–Trinajstić information content (AvgIpc) is 2.44. The van der Waals surface area contributed by atoms with Crippen molar-refractivity contribution in [2.75, 3.05) is 19.6 Å². The lowest BCUT2D eigenvalue weighted by Crippen LogP contribution is -2.41. The summed E-state index contributed by atoms with van der Waals surface area (Å²) in [6.45, 7) is 6.67. The first-order chi connectivity index (χ1) is 10.8. The van der Waals surface area contributed by atoms with E-state index in [1.165, 1.54) is 0 Å². The van der Waals surface area contributed by atoms with Crippen LogP contribution in [0, 0.1) is 0 Å². The van der Waals surface area contributed by atoms with Crippen molar-refractivity contribution in [2.45, 2.75) is 58.1 Å². The van der Waals surface area contributed by atoms with E-state index in [0.717, 1.165) is 12.8 Å². The zero-order valence-corrected chi connectivity index (χ0v) is 14.2. The first kappa shape index (κ1) is 21.0. The van der Waals surface area contributed by atoms with Gasteiger partial charge in [0.1, 0.15) is 5.60 Å². The van der Waals surface area contributed by atoms with Gasteiger partial charge in [-0.15, -0.1) is 0 Å². The molecule has 0 spiro atoms. The highest BCUT2D eigenvalue weighted by atomic mass is 16.6. The Morgan fingerprint density at radius 2 is 1.87 bits per heavy atom. The molecule has 0 bridgehead atoms. The molecule has 0 rings (SSSR count). The molecule has 9 nitrogen and oxygen atoms in total. The number of amides is 2. The van der Waals surface area contributed by atoms with Crippen molar-refractivity contribution in [3.63, 3.8) is 0 Å². The molecule has 4 N–H and O–H groups in total. The van der Waals surface area contributed by atoms with Gasteiger partial charge in [-0.3, -0.25) is 4.79 Å². The summed E-state index contributed by atoms with van der Waals surface area (Å²) in [6, 6.07) is -0.573. The van der Waals surface area contributed by atoms with Gasteiger partial charge in [-0.05, 0) is 52.0 Å². The van der Waals surface area contributed by atoms with Crippen LogP contribution in [0.25, 0.3) is 10.4 Å². The van der Waals surface area contributed by atoms with Crippen molar-refractivity contribution in [3.05, 3.63) is 10.4 Å². The molecule has 23 heavy (non-hydrogen) atoms. The lowest BCUT2D eigenvalue weighted by atomic mass is 10.1. The van der Waals surface area contributed by atoms with E-state index in [-0.39, 0.29) is 5.91 Å². The highest BCUT2D eigenvalue weighted by molar-refractivity contribution is 5.81. The van der Waals surface area contributed by atoms with E-state index in [0.29, 0.717) is 32.5 Å². The fraction of sp³-hybridized carbons (Fsp3) is 0.857. The zero-order chi connectivity index (χ0) is 17.7. The summed E-state index contributed by atoms with van der Waals surface area (Å²) in [5, 5.41) is 8.72. The van der Waals surface area contributed by atoms with Gasteiger partial charge >= 0.3 is 6.09 Å². The Hall–Kier alpha value is -1.99. The molecule has 0 radical (unpaired) electrons. The third-order valence-corrected chi connectivity index (χ3v) is 2.74. The van der Waals surface area contributed by atoms with Crippen LogP contribution in [0.15, 0.2) is 5.11 Å². The molecule has 1 atom stereocenters. The largest absolute Gasteiger partial charge is 0.444 e. The van der Waals surface area contributed by atoms with Gasteiger partial charge in [-0.1, -0.05) is 5.11 Å². The summed E-state index contributed by atoms with van der Waals surface area (Å²) < 4.78 is 5.11.